The van der Waals surface area contributed by atoms with Gasteiger partial charge in [0.1, 0.15) is 5.75 Å². The molecule has 0 spiro atoms. The van der Waals surface area contributed by atoms with Gasteiger partial charge in [-0.25, -0.2) is 0 Å². The molecule has 0 saturated carbocycles. The molecule has 0 radical (unpaired) electrons. The number of phenols is 1. The lowest BCUT2D eigenvalue weighted by molar-refractivity contribution is 0.475. The number of nitrogens with one attached hydrogen (secondary N) is 1. The monoisotopic (exact) mass is 215 g/mol. The third-order valence-electron chi connectivity index (χ3n) is 2.22. The van der Waals surface area contributed by atoms with Crippen LogP contribution in [0.3, 0.4) is 0 Å². The number of rotatable bonds is 2. The summed E-state index contributed by atoms with van der Waals surface area (Å²) >= 11 is 0. The summed E-state index contributed by atoms with van der Waals surface area (Å²) in [5.41, 5.74) is 14.0. The Morgan fingerprint density at radius 3 is 2.31 bits per heavy atom. The lowest BCUT2D eigenvalue weighted by atomic mass is 10.2. The smallest absolute Gasteiger partial charge is 0.117 e. The lowest BCUT2D eigenvalue weighted by Gasteiger charge is -2.08. The molecule has 82 valence electrons. The van der Waals surface area contributed by atoms with Gasteiger partial charge in [-0.1, -0.05) is 6.07 Å². The highest BCUT2D eigenvalue weighted by Crippen LogP contribution is 2.24. The number of aromatic hydroxyl groups is 1. The van der Waals surface area contributed by atoms with E-state index in [9.17, 15) is 5.11 Å². The van der Waals surface area contributed by atoms with Crippen LogP contribution in [0.5, 0.6) is 5.75 Å². The molecule has 0 aliphatic carbocycles. The number of hydrogen-bond donors (Lipinski definition) is 4. The molecular weight excluding hydrogens is 202 g/mol. The summed E-state index contributed by atoms with van der Waals surface area (Å²) in [7, 11) is 0. The van der Waals surface area contributed by atoms with Crippen LogP contribution in [0.4, 0.5) is 22.7 Å². The molecule has 0 aromatic heterocycles. The maximum Gasteiger partial charge on any atom is 0.117 e. The molecule has 0 aliphatic rings. The molecule has 0 bridgehead atoms. The Morgan fingerprint density at radius 1 is 0.875 bits per heavy atom. The Kier molecular flexibility index (Phi) is 2.55. The van der Waals surface area contributed by atoms with Crippen LogP contribution in [0.2, 0.25) is 0 Å². The molecule has 6 N–H and O–H groups in total. The molecule has 0 amide bonds. The van der Waals surface area contributed by atoms with Crippen LogP contribution in [-0.2, 0) is 0 Å². The van der Waals surface area contributed by atoms with E-state index in [0.717, 1.165) is 11.4 Å². The summed E-state index contributed by atoms with van der Waals surface area (Å²) in [6.45, 7) is 0. The molecule has 2 aromatic rings. The van der Waals surface area contributed by atoms with E-state index in [2.05, 4.69) is 5.32 Å². The molecule has 0 aliphatic heterocycles. The molecule has 16 heavy (non-hydrogen) atoms. The van der Waals surface area contributed by atoms with Gasteiger partial charge in [-0.05, 0) is 30.3 Å². The third kappa shape index (κ3) is 2.17. The van der Waals surface area contributed by atoms with Crippen LogP contribution in [0.1, 0.15) is 0 Å². The van der Waals surface area contributed by atoms with Crippen molar-refractivity contribution in [3.05, 3.63) is 42.5 Å². The van der Waals surface area contributed by atoms with E-state index in [0.29, 0.717) is 11.4 Å². The van der Waals surface area contributed by atoms with E-state index in [1.165, 1.54) is 0 Å². The highest BCUT2D eigenvalue weighted by molar-refractivity contribution is 5.72. The first-order valence-electron chi connectivity index (χ1n) is 4.86. The minimum absolute atomic E-state index is 0.216. The van der Waals surface area contributed by atoms with Gasteiger partial charge in [-0.3, -0.25) is 0 Å². The van der Waals surface area contributed by atoms with Gasteiger partial charge in [0.15, 0.2) is 0 Å². The Hall–Kier alpha value is -2.36. The average Bonchev–Trinajstić information content (AvgIpc) is 2.24. The number of anilines is 4. The first-order valence-corrected chi connectivity index (χ1v) is 4.86. The van der Waals surface area contributed by atoms with Crippen molar-refractivity contribution in [2.75, 3.05) is 16.8 Å². The normalized spacial score (nSPS) is 10.0. The van der Waals surface area contributed by atoms with Gasteiger partial charge in [0.2, 0.25) is 0 Å². The first kappa shape index (κ1) is 10.2. The van der Waals surface area contributed by atoms with Crippen LogP contribution >= 0.6 is 0 Å². The van der Waals surface area contributed by atoms with Crippen LogP contribution in [0.15, 0.2) is 42.5 Å². The minimum atomic E-state index is 0.216. The molecule has 0 fully saturated rings. The van der Waals surface area contributed by atoms with Crippen molar-refractivity contribution in [2.45, 2.75) is 0 Å². The molecule has 0 unspecified atom stereocenters. The third-order valence-corrected chi connectivity index (χ3v) is 2.22. The number of nitrogen functional groups attached to an aromatic ring is 2. The Morgan fingerprint density at radius 2 is 1.62 bits per heavy atom. The Bertz CT molecular complexity index is 511. The molecule has 0 saturated heterocycles. The zero-order valence-corrected chi connectivity index (χ0v) is 8.64. The number of benzene rings is 2. The standard InChI is InChI=1S/C12H13N3O/c13-11-5-4-9(7-12(11)14)15-8-2-1-3-10(16)6-8/h1-7,15-16H,13-14H2. The van der Waals surface area contributed by atoms with Crippen LogP contribution in [-0.4, -0.2) is 5.11 Å². The molecule has 2 aromatic carbocycles. The van der Waals surface area contributed by atoms with Crippen molar-refractivity contribution in [1.29, 1.82) is 0 Å². The molecule has 0 heterocycles. The average molecular weight is 215 g/mol. The summed E-state index contributed by atoms with van der Waals surface area (Å²) in [5.74, 6) is 0.216. The summed E-state index contributed by atoms with van der Waals surface area (Å²) < 4.78 is 0. The predicted molar refractivity (Wildman–Crippen MR) is 66.7 cm³/mol. The van der Waals surface area contributed by atoms with Gasteiger partial charge in [0.25, 0.3) is 0 Å². The zero-order chi connectivity index (χ0) is 11.5. The molecule has 2 rings (SSSR count). The molecule has 4 nitrogen and oxygen atoms in total. The zero-order valence-electron chi connectivity index (χ0n) is 8.64. The number of nitrogens with two attached hydrogens (primary N) is 2. The van der Waals surface area contributed by atoms with E-state index in [4.69, 9.17) is 11.5 Å². The maximum atomic E-state index is 9.31. The fourth-order valence-electron chi connectivity index (χ4n) is 1.40. The SMILES string of the molecule is Nc1ccc(Nc2cccc(O)c2)cc1N. The Labute approximate surface area is 93.5 Å². The number of hydrogen-bond acceptors (Lipinski definition) is 4. The predicted octanol–water partition coefficient (Wildman–Crippen LogP) is 2.30. The van der Waals surface area contributed by atoms with E-state index < -0.39 is 0 Å². The van der Waals surface area contributed by atoms with Gasteiger partial charge in [-0.15, -0.1) is 0 Å². The van der Waals surface area contributed by atoms with Crippen molar-refractivity contribution in [2.24, 2.45) is 0 Å². The van der Waals surface area contributed by atoms with Gasteiger partial charge < -0.3 is 21.9 Å². The second-order valence-corrected chi connectivity index (χ2v) is 3.52. The minimum Gasteiger partial charge on any atom is -0.508 e. The molecule has 0 atom stereocenters. The van der Waals surface area contributed by atoms with Crippen molar-refractivity contribution in [1.82, 2.24) is 0 Å². The van der Waals surface area contributed by atoms with E-state index in [1.54, 1.807) is 30.3 Å². The fraction of sp³-hybridized carbons (Fsp3) is 0. The van der Waals surface area contributed by atoms with Gasteiger partial charge in [0.05, 0.1) is 11.4 Å². The highest BCUT2D eigenvalue weighted by Gasteiger charge is 1.98. The molecular formula is C12H13N3O. The highest BCUT2D eigenvalue weighted by atomic mass is 16.3. The summed E-state index contributed by atoms with van der Waals surface area (Å²) in [6.07, 6.45) is 0. The summed E-state index contributed by atoms with van der Waals surface area (Å²) in [5, 5.41) is 12.4. The van der Waals surface area contributed by atoms with Crippen LogP contribution in [0.25, 0.3) is 0 Å². The second kappa shape index (κ2) is 4.02. The van der Waals surface area contributed by atoms with Crippen molar-refractivity contribution < 1.29 is 5.11 Å². The summed E-state index contributed by atoms with van der Waals surface area (Å²) in [4.78, 5) is 0. The quantitative estimate of drug-likeness (QED) is 0.579. The second-order valence-electron chi connectivity index (χ2n) is 3.52. The van der Waals surface area contributed by atoms with Crippen LogP contribution < -0.4 is 16.8 Å². The number of phenolic OH excluding ortho intramolecular Hbond substituents is 1. The Balaban J connectivity index is 2.24. The van der Waals surface area contributed by atoms with E-state index >= 15 is 0 Å². The van der Waals surface area contributed by atoms with Crippen molar-refractivity contribution >= 4 is 22.7 Å². The largest absolute Gasteiger partial charge is 0.508 e. The van der Waals surface area contributed by atoms with Gasteiger partial charge in [0, 0.05) is 17.4 Å². The van der Waals surface area contributed by atoms with Gasteiger partial charge in [-0.2, -0.15) is 0 Å². The van der Waals surface area contributed by atoms with Crippen LogP contribution in [0, 0.1) is 0 Å². The topological polar surface area (TPSA) is 84.3 Å². The lowest BCUT2D eigenvalue weighted by Crippen LogP contribution is -1.96. The maximum absolute atomic E-state index is 9.31. The van der Waals surface area contributed by atoms with Crippen molar-refractivity contribution in [3.63, 3.8) is 0 Å². The van der Waals surface area contributed by atoms with E-state index in [-0.39, 0.29) is 5.75 Å². The molecule has 4 heteroatoms. The van der Waals surface area contributed by atoms with Crippen molar-refractivity contribution in [3.8, 4) is 5.75 Å². The summed E-state index contributed by atoms with van der Waals surface area (Å²) in [6, 6.07) is 12.2. The first-order chi connectivity index (χ1) is 7.65. The van der Waals surface area contributed by atoms with E-state index in [1.807, 2.05) is 12.1 Å². The fourth-order valence-corrected chi connectivity index (χ4v) is 1.40. The van der Waals surface area contributed by atoms with Gasteiger partial charge >= 0.3 is 0 Å².